The molecule has 2 unspecified atom stereocenters. The Kier molecular flexibility index (Phi) is 28.1. The van der Waals surface area contributed by atoms with Gasteiger partial charge in [-0.1, -0.05) is 54.6 Å². The number of halogens is 4. The second-order valence-corrected chi connectivity index (χ2v) is 29.9. The fraction of sp³-hybridized carbons (Fsp3) is 0.476. The molecule has 0 saturated carbocycles. The van der Waals surface area contributed by atoms with E-state index in [1.807, 2.05) is 0 Å². The molecule has 5 aromatic rings. The molecule has 17 atom stereocenters. The van der Waals surface area contributed by atoms with E-state index in [1.165, 1.54) is 50.2 Å². The van der Waals surface area contributed by atoms with Crippen molar-refractivity contribution in [1.82, 2.24) is 39.3 Å². The Bertz CT molecular complexity index is 4220. The number of hydrogen-bond acceptors (Lipinski definition) is 31. The first-order valence-electron chi connectivity index (χ1n) is 32.5. The van der Waals surface area contributed by atoms with Crippen LogP contribution >= 0.6 is 23.2 Å². The third-order valence-corrected chi connectivity index (χ3v) is 20.5. The van der Waals surface area contributed by atoms with Crippen LogP contribution in [0.1, 0.15) is 73.8 Å². The lowest BCUT2D eigenvalue weighted by molar-refractivity contribution is -0.197. The molecule has 107 heavy (non-hydrogen) atoms. The minimum Gasteiger partial charge on any atom is -0.464 e. The van der Waals surface area contributed by atoms with E-state index in [2.05, 4.69) is 25.2 Å². The number of aliphatic hydroxyl groups is 4. The van der Waals surface area contributed by atoms with Crippen LogP contribution in [0.5, 0.6) is 17.2 Å². The average molecular weight is 1580 g/mol. The van der Waals surface area contributed by atoms with Gasteiger partial charge in [0.2, 0.25) is 12.1 Å². The van der Waals surface area contributed by atoms with Crippen molar-refractivity contribution in [1.29, 1.82) is 0 Å². The van der Waals surface area contributed by atoms with Gasteiger partial charge in [-0.25, -0.2) is 32.1 Å². The summed E-state index contributed by atoms with van der Waals surface area (Å²) in [6, 6.07) is 22.5. The Morgan fingerprint density at radius 2 is 1.07 bits per heavy atom. The number of aromatic nitrogens is 4. The van der Waals surface area contributed by atoms with Gasteiger partial charge in [-0.3, -0.25) is 62.3 Å². The lowest BCUT2D eigenvalue weighted by Gasteiger charge is -2.32. The molecule has 5 aliphatic rings. The highest BCUT2D eigenvalue weighted by molar-refractivity contribution is 7.52. The summed E-state index contributed by atoms with van der Waals surface area (Å²) in [7, 11) is -13.0. The maximum atomic E-state index is 15.4. The average Bonchev–Trinajstić information content (AvgIpc) is 1.63. The fourth-order valence-electron chi connectivity index (χ4n) is 10.3. The Balaban J connectivity index is 0.000000203. The number of para-hydroxylation sites is 3. The first kappa shape index (κ1) is 84.2. The van der Waals surface area contributed by atoms with E-state index in [0.717, 1.165) is 48.6 Å². The van der Waals surface area contributed by atoms with Crippen LogP contribution in [0, 0.1) is 0 Å². The molecule has 3 aromatic carbocycles. The molecule has 1 amide bonds. The lowest BCUT2D eigenvalue weighted by atomic mass is 9.97. The molecular weight excluding hydrogens is 1500 g/mol. The second kappa shape index (κ2) is 35.7. The number of esters is 3. The highest BCUT2D eigenvalue weighted by Crippen LogP contribution is 2.51. The van der Waals surface area contributed by atoms with Crippen LogP contribution in [0.2, 0.25) is 0 Å². The van der Waals surface area contributed by atoms with E-state index < -0.39 is 194 Å². The fourth-order valence-corrected chi connectivity index (χ4v) is 14.8. The van der Waals surface area contributed by atoms with Gasteiger partial charge < -0.3 is 68.2 Å². The van der Waals surface area contributed by atoms with Crippen molar-refractivity contribution < 1.29 is 136 Å². The molecule has 37 nitrogen and oxygen atoms in total. The summed E-state index contributed by atoms with van der Waals surface area (Å²) in [5.74, 6) is -10.8. The molecule has 11 N–H and O–H groups in total. The Morgan fingerprint density at radius 1 is 0.626 bits per heavy atom. The molecule has 44 heteroatoms. The third kappa shape index (κ3) is 21.7. The number of carbonyl (C=O) groups excluding carboxylic acids is 5. The molecule has 4 saturated heterocycles. The van der Waals surface area contributed by atoms with Gasteiger partial charge in [0.15, 0.2) is 35.8 Å². The summed E-state index contributed by atoms with van der Waals surface area (Å²) in [5.41, 5.74) is 2.36. The summed E-state index contributed by atoms with van der Waals surface area (Å²) in [5, 5.41) is 57.5. The van der Waals surface area contributed by atoms with E-state index in [0.29, 0.717) is 9.13 Å². The van der Waals surface area contributed by atoms with Crippen LogP contribution in [0.15, 0.2) is 137 Å². The SMILES string of the molecule is CC(C)OC(=O)[C@H](C)NP(=O)(OC[C@H]1O[C@@H](n2ccc(N)nc2=O)C(F)(F)[C@@H]1O)Oc1ccccc1.CC(C)OC(=O)[C@H](C)N[P@](=O)(OC[C@H]1O[C@@H](n2ccc(NO)nc2=O)[C@@](O)(F)[C@@H]1O)Oc1ccccc1.C[C@@]1(F)[C@H](O)[C@@H](COP(=O)(N[C@H]2CCOC2=O)Oc2ccccc2)O[C@H]1N1C=CC(=O)CC1=O. The quantitative estimate of drug-likeness (QED) is 0.00802. The molecule has 0 spiro atoms. The lowest BCUT2D eigenvalue weighted by Crippen LogP contribution is -2.51. The van der Waals surface area contributed by atoms with Gasteiger partial charge in [0, 0.05) is 25.0 Å². The van der Waals surface area contributed by atoms with Crippen LogP contribution in [-0.2, 0) is 79.7 Å². The Morgan fingerprint density at radius 3 is 1.52 bits per heavy atom. The maximum Gasteiger partial charge on any atom is 0.459 e. The number of ether oxygens (including phenoxy) is 6. The van der Waals surface area contributed by atoms with Gasteiger partial charge in [0.1, 0.15) is 71.7 Å². The number of carbonyl (C=O) groups is 5. The standard InChI is InChI=1S/C21H27F2N4O8P.C21H28FN4O10P.C21H24FN2O9P/c1-12(2)33-18(29)13(3)26-36(31,35-14-7-5-4-6-8-14)32-11-15-17(28)21(22,23)19(34-15)27-10-9-16(24)25-20(27)30;1-12(2)34-18(28)13(3)25-37(32,36-14-7-5-4-6-8-14)33-11-15-17(27)21(22,30)19(35-15)26-10-9-16(24-31)23-20(26)29;1-21(22)18(27)16(32-20(21)24-9-7-13(25)11-17(24)26)12-31-34(29,23-15-8-10-30-19(15)28)33-14-5-3-2-4-6-14/h4-10,12-13,15,17,19,28H,11H2,1-3H3,(H,26,31)(H2,24,25,30);4-10,12-13,15,17,19,27,30-31H,11H2,1-3H3,(H,25,32)(H,23,24,29);2-7,9,15-16,18,20,27H,8,10-12H2,1H3,(H,23,29)/t13-,15+,17+,19+,36?;13-,15+,17+,19+,21+,37-;15-,16+,18+,20+,21+,34?/m000/s1. The number of anilines is 2. The van der Waals surface area contributed by atoms with Gasteiger partial charge in [0.05, 0.1) is 45.1 Å². The van der Waals surface area contributed by atoms with Crippen molar-refractivity contribution in [2.24, 2.45) is 0 Å². The minimum atomic E-state index is -4.41. The second-order valence-electron chi connectivity index (χ2n) is 24.8. The zero-order valence-electron chi connectivity index (χ0n) is 57.8. The van der Waals surface area contributed by atoms with E-state index in [4.69, 9.17) is 66.5 Å². The molecule has 4 fully saturated rings. The molecule has 2 aromatic heterocycles. The molecule has 5 aliphatic heterocycles. The highest BCUT2D eigenvalue weighted by Gasteiger charge is 2.62. The smallest absolute Gasteiger partial charge is 0.459 e. The van der Waals surface area contributed by atoms with Gasteiger partial charge in [0.25, 0.3) is 5.85 Å². The summed E-state index contributed by atoms with van der Waals surface area (Å²) in [6.07, 6.45) is -14.0. The van der Waals surface area contributed by atoms with E-state index in [9.17, 15) is 76.5 Å². The molecule has 0 bridgehead atoms. The molecule has 0 radical (unpaired) electrons. The van der Waals surface area contributed by atoms with Crippen molar-refractivity contribution in [2.75, 3.05) is 37.6 Å². The van der Waals surface area contributed by atoms with Crippen molar-refractivity contribution >= 4 is 64.5 Å². The van der Waals surface area contributed by atoms with Crippen molar-refractivity contribution in [3.8, 4) is 17.2 Å². The summed E-state index contributed by atoms with van der Waals surface area (Å²) >= 11 is 0. The number of cyclic esters (lactones) is 1. The number of hydrogen-bond donors (Lipinski definition) is 10. The molecule has 7 heterocycles. The Hall–Kier alpha value is -8.44. The third-order valence-electron chi connectivity index (χ3n) is 15.6. The topological polar surface area (TPSA) is 496 Å². The summed E-state index contributed by atoms with van der Waals surface area (Å²) in [6.45, 7) is 8.14. The van der Waals surface area contributed by atoms with Crippen LogP contribution in [0.3, 0.4) is 0 Å². The molecule has 0 aliphatic carbocycles. The van der Waals surface area contributed by atoms with Crippen LogP contribution in [0.4, 0.5) is 29.2 Å². The zero-order chi connectivity index (χ0) is 78.6. The number of nitrogens with one attached hydrogen (secondary N) is 4. The van der Waals surface area contributed by atoms with Gasteiger partial charge >= 0.3 is 58.4 Å². The number of nitrogens with two attached hydrogens (primary N) is 1. The predicted octanol–water partition coefficient (Wildman–Crippen LogP) is 4.17. The van der Waals surface area contributed by atoms with E-state index in [1.54, 1.807) is 87.8 Å². The van der Waals surface area contributed by atoms with Crippen LogP contribution in [0.25, 0.3) is 0 Å². The molecular formula is C63H79F4N10O27P3. The van der Waals surface area contributed by atoms with Crippen LogP contribution < -0.4 is 51.4 Å². The number of aliphatic hydroxyl groups excluding tert-OH is 3. The van der Waals surface area contributed by atoms with Gasteiger partial charge in [-0.2, -0.15) is 34.0 Å². The first-order chi connectivity index (χ1) is 50.3. The minimum absolute atomic E-state index is 0.0911. The van der Waals surface area contributed by atoms with Gasteiger partial charge in [-0.15, -0.1) is 0 Å². The number of nitrogen functional groups attached to an aromatic ring is 1. The largest absolute Gasteiger partial charge is 0.464 e. The van der Waals surface area contributed by atoms with E-state index >= 15 is 8.78 Å². The molecule has 586 valence electrons. The summed E-state index contributed by atoms with van der Waals surface area (Å²) < 4.78 is 165. The number of nitrogens with zero attached hydrogens (tertiary/aromatic N) is 5. The van der Waals surface area contributed by atoms with Gasteiger partial charge in [-0.05, 0) is 103 Å². The summed E-state index contributed by atoms with van der Waals surface area (Å²) in [4.78, 5) is 91.9. The number of alkyl halides is 4. The van der Waals surface area contributed by atoms with Crippen LogP contribution in [-0.4, -0.2) is 196 Å². The maximum absolute atomic E-state index is 15.4. The Labute approximate surface area is 606 Å². The number of benzene rings is 3. The van der Waals surface area contributed by atoms with Crippen molar-refractivity contribution in [3.63, 3.8) is 0 Å². The van der Waals surface area contributed by atoms with E-state index in [-0.39, 0.29) is 41.9 Å². The molecule has 10 rings (SSSR count). The number of ketones is 1. The number of allylic oxidation sites excluding steroid dienone is 1. The monoisotopic (exact) mass is 1580 g/mol. The number of amides is 1. The van der Waals surface area contributed by atoms with Crippen molar-refractivity contribution in [3.05, 3.63) is 149 Å². The number of rotatable bonds is 29. The highest BCUT2D eigenvalue weighted by atomic mass is 31.2. The predicted molar refractivity (Wildman–Crippen MR) is 359 cm³/mol. The first-order valence-corrected chi connectivity index (χ1v) is 37.1. The zero-order valence-corrected chi connectivity index (χ0v) is 60.5. The van der Waals surface area contributed by atoms with Crippen molar-refractivity contribution in [2.45, 2.75) is 164 Å². The normalized spacial score (nSPS) is 27.5.